The van der Waals surface area contributed by atoms with Gasteiger partial charge in [0.2, 0.25) is 0 Å². The molecule has 0 atom stereocenters. The highest BCUT2D eigenvalue weighted by atomic mass is 32.2. The van der Waals surface area contributed by atoms with E-state index in [9.17, 15) is 12.8 Å². The molecule has 1 rings (SSSR count). The summed E-state index contributed by atoms with van der Waals surface area (Å²) in [5.74, 6) is -0.592. The van der Waals surface area contributed by atoms with Gasteiger partial charge in [0.25, 0.3) is 0 Å². The van der Waals surface area contributed by atoms with Gasteiger partial charge in [-0.2, -0.15) is 5.26 Å². The zero-order chi connectivity index (χ0) is 12.9. The third kappa shape index (κ3) is 4.83. The molecule has 0 heterocycles. The maximum Gasteiger partial charge on any atom is 0.166 e. The lowest BCUT2D eigenvalue weighted by Gasteiger charge is -2.06. The summed E-state index contributed by atoms with van der Waals surface area (Å²) in [7, 11) is -3.02. The number of benzene rings is 1. The molecule has 0 aliphatic rings. The number of hydrogen-bond donors (Lipinski definition) is 0. The standard InChI is InChI=1S/C11H12FNO3S/c1-17(14,15)6-2-5-16-11-4-3-9(8-13)7-10(11)12/h3-4,7H,2,5-6H2,1H3. The first-order valence-electron chi connectivity index (χ1n) is 4.92. The van der Waals surface area contributed by atoms with Crippen LogP contribution in [0, 0.1) is 17.1 Å². The molecule has 0 radical (unpaired) electrons. The van der Waals surface area contributed by atoms with E-state index >= 15 is 0 Å². The van der Waals surface area contributed by atoms with Crippen LogP contribution in [0.15, 0.2) is 18.2 Å². The number of nitriles is 1. The normalized spacial score (nSPS) is 10.9. The second-order valence-electron chi connectivity index (χ2n) is 3.59. The van der Waals surface area contributed by atoms with E-state index in [0.29, 0.717) is 6.42 Å². The second kappa shape index (κ2) is 5.64. The van der Waals surface area contributed by atoms with Gasteiger partial charge in [-0.3, -0.25) is 0 Å². The SMILES string of the molecule is CS(=O)(=O)CCCOc1ccc(C#N)cc1F. The molecule has 0 N–H and O–H groups in total. The Morgan fingerprint density at radius 2 is 2.18 bits per heavy atom. The van der Waals surface area contributed by atoms with E-state index in [2.05, 4.69) is 0 Å². The third-order valence-electron chi connectivity index (χ3n) is 1.98. The highest BCUT2D eigenvalue weighted by Crippen LogP contribution is 2.18. The van der Waals surface area contributed by atoms with Gasteiger partial charge in [0.05, 0.1) is 24.0 Å². The zero-order valence-corrected chi connectivity index (χ0v) is 10.1. The van der Waals surface area contributed by atoms with Crippen molar-refractivity contribution in [1.82, 2.24) is 0 Å². The van der Waals surface area contributed by atoms with Crippen molar-refractivity contribution in [3.05, 3.63) is 29.6 Å². The van der Waals surface area contributed by atoms with E-state index < -0.39 is 15.7 Å². The van der Waals surface area contributed by atoms with Crippen LogP contribution in [0.25, 0.3) is 0 Å². The van der Waals surface area contributed by atoms with Gasteiger partial charge in [0.1, 0.15) is 9.84 Å². The van der Waals surface area contributed by atoms with Crippen LogP contribution >= 0.6 is 0 Å². The van der Waals surface area contributed by atoms with E-state index in [4.69, 9.17) is 10.00 Å². The van der Waals surface area contributed by atoms with E-state index in [1.54, 1.807) is 0 Å². The molecule has 0 aromatic heterocycles. The summed E-state index contributed by atoms with van der Waals surface area (Å²) in [6.07, 6.45) is 1.44. The third-order valence-corrected chi connectivity index (χ3v) is 3.01. The molecule has 17 heavy (non-hydrogen) atoms. The van der Waals surface area contributed by atoms with E-state index in [1.807, 2.05) is 6.07 Å². The molecule has 6 heteroatoms. The minimum atomic E-state index is -3.02. The number of rotatable bonds is 5. The number of ether oxygens (including phenoxy) is 1. The molecule has 0 aliphatic heterocycles. The van der Waals surface area contributed by atoms with Gasteiger partial charge in [-0.1, -0.05) is 0 Å². The van der Waals surface area contributed by atoms with E-state index in [-0.39, 0.29) is 23.7 Å². The molecule has 92 valence electrons. The zero-order valence-electron chi connectivity index (χ0n) is 9.31. The predicted molar refractivity (Wildman–Crippen MR) is 60.9 cm³/mol. The number of halogens is 1. The molecule has 1 aromatic carbocycles. The Balaban J connectivity index is 2.51. The number of hydrogen-bond acceptors (Lipinski definition) is 4. The molecule has 4 nitrogen and oxygen atoms in total. The molecule has 0 fully saturated rings. The topological polar surface area (TPSA) is 67.2 Å². The molecule has 0 saturated carbocycles. The predicted octanol–water partition coefficient (Wildman–Crippen LogP) is 1.51. The van der Waals surface area contributed by atoms with E-state index in [1.165, 1.54) is 12.1 Å². The molecular weight excluding hydrogens is 245 g/mol. The first-order chi connectivity index (χ1) is 7.92. The second-order valence-corrected chi connectivity index (χ2v) is 5.85. The minimum Gasteiger partial charge on any atom is -0.490 e. The fraction of sp³-hybridized carbons (Fsp3) is 0.364. The fourth-order valence-corrected chi connectivity index (χ4v) is 1.83. The quantitative estimate of drug-likeness (QED) is 0.750. The van der Waals surface area contributed by atoms with Crippen LogP contribution in [-0.4, -0.2) is 27.0 Å². The Morgan fingerprint density at radius 3 is 2.71 bits per heavy atom. The lowest BCUT2D eigenvalue weighted by Crippen LogP contribution is -2.08. The number of sulfone groups is 1. The van der Waals surface area contributed by atoms with Crippen molar-refractivity contribution in [2.45, 2.75) is 6.42 Å². The van der Waals surface area contributed by atoms with Gasteiger partial charge in [-0.25, -0.2) is 12.8 Å². The van der Waals surface area contributed by atoms with Crippen molar-refractivity contribution in [1.29, 1.82) is 5.26 Å². The highest BCUT2D eigenvalue weighted by molar-refractivity contribution is 7.90. The summed E-state index contributed by atoms with van der Waals surface area (Å²) in [4.78, 5) is 0. The molecular formula is C11H12FNO3S. The number of nitrogens with zero attached hydrogens (tertiary/aromatic N) is 1. The highest BCUT2D eigenvalue weighted by Gasteiger charge is 2.06. The monoisotopic (exact) mass is 257 g/mol. The van der Waals surface area contributed by atoms with Crippen molar-refractivity contribution in [2.75, 3.05) is 18.6 Å². The Labute approximate surface area is 99.6 Å². The molecule has 0 unspecified atom stereocenters. The van der Waals surface area contributed by atoms with Crippen LogP contribution in [0.2, 0.25) is 0 Å². The smallest absolute Gasteiger partial charge is 0.166 e. The van der Waals surface area contributed by atoms with Gasteiger partial charge < -0.3 is 4.74 Å². The Hall–Kier alpha value is -1.61. The van der Waals surface area contributed by atoms with Gasteiger partial charge in [0.15, 0.2) is 11.6 Å². The van der Waals surface area contributed by atoms with Crippen LogP contribution < -0.4 is 4.74 Å². The van der Waals surface area contributed by atoms with Gasteiger partial charge >= 0.3 is 0 Å². The Bertz CT molecular complexity index is 534. The average Bonchev–Trinajstić information content (AvgIpc) is 2.24. The fourth-order valence-electron chi connectivity index (χ4n) is 1.19. The lowest BCUT2D eigenvalue weighted by molar-refractivity contribution is 0.301. The van der Waals surface area contributed by atoms with Crippen molar-refractivity contribution in [2.24, 2.45) is 0 Å². The average molecular weight is 257 g/mol. The van der Waals surface area contributed by atoms with Crippen LogP contribution in [0.1, 0.15) is 12.0 Å². The van der Waals surface area contributed by atoms with Crippen molar-refractivity contribution in [3.8, 4) is 11.8 Å². The Kier molecular flexibility index (Phi) is 4.46. The molecule has 0 saturated heterocycles. The molecule has 1 aromatic rings. The maximum atomic E-state index is 13.3. The minimum absolute atomic E-state index is 0.00486. The van der Waals surface area contributed by atoms with Gasteiger partial charge in [0, 0.05) is 6.26 Å². The van der Waals surface area contributed by atoms with Gasteiger partial charge in [-0.15, -0.1) is 0 Å². The maximum absolute atomic E-state index is 13.3. The summed E-state index contributed by atoms with van der Waals surface area (Å²) >= 11 is 0. The van der Waals surface area contributed by atoms with Gasteiger partial charge in [-0.05, 0) is 24.6 Å². The van der Waals surface area contributed by atoms with Crippen LogP contribution in [0.5, 0.6) is 5.75 Å². The van der Waals surface area contributed by atoms with Crippen molar-refractivity contribution < 1.29 is 17.5 Å². The Morgan fingerprint density at radius 1 is 1.47 bits per heavy atom. The summed E-state index contributed by atoms with van der Waals surface area (Å²) in [5, 5.41) is 8.53. The molecule has 0 amide bonds. The van der Waals surface area contributed by atoms with Crippen LogP contribution in [0.3, 0.4) is 0 Å². The molecule has 0 spiro atoms. The van der Waals surface area contributed by atoms with Crippen LogP contribution in [-0.2, 0) is 9.84 Å². The first kappa shape index (κ1) is 13.5. The van der Waals surface area contributed by atoms with Crippen molar-refractivity contribution in [3.63, 3.8) is 0 Å². The summed E-state index contributed by atoms with van der Waals surface area (Å²) < 4.78 is 40.0. The molecule has 0 aliphatic carbocycles. The summed E-state index contributed by atoms with van der Waals surface area (Å²) in [5.41, 5.74) is 0.214. The first-order valence-corrected chi connectivity index (χ1v) is 6.98. The molecule has 0 bridgehead atoms. The van der Waals surface area contributed by atoms with Crippen molar-refractivity contribution >= 4 is 9.84 Å². The largest absolute Gasteiger partial charge is 0.490 e. The summed E-state index contributed by atoms with van der Waals surface area (Å²) in [6, 6.07) is 5.68. The van der Waals surface area contributed by atoms with Crippen LogP contribution in [0.4, 0.5) is 4.39 Å². The summed E-state index contributed by atoms with van der Waals surface area (Å²) in [6.45, 7) is 0.121. The van der Waals surface area contributed by atoms with E-state index in [0.717, 1.165) is 12.3 Å². The lowest BCUT2D eigenvalue weighted by atomic mass is 10.2.